The number of hydrogen-bond acceptors (Lipinski definition) is 5. The molecule has 0 bridgehead atoms. The molecule has 6 heteroatoms. The number of esters is 2. The molecule has 0 unspecified atom stereocenters. The predicted octanol–water partition coefficient (Wildman–Crippen LogP) is 7.16. The molecular formula is C28H26ClNO4. The van der Waals surface area contributed by atoms with E-state index in [0.29, 0.717) is 16.9 Å². The Labute approximate surface area is 204 Å². The van der Waals surface area contributed by atoms with Gasteiger partial charge in [0.1, 0.15) is 11.5 Å². The Bertz CT molecular complexity index is 1160. The second-order valence-electron chi connectivity index (χ2n) is 7.92. The minimum absolute atomic E-state index is 0.0994. The number of nitrogens with zero attached hydrogens (tertiary/aromatic N) is 1. The third kappa shape index (κ3) is 7.19. The number of benzene rings is 3. The van der Waals surface area contributed by atoms with Gasteiger partial charge in [0, 0.05) is 6.07 Å². The first-order chi connectivity index (χ1) is 16.5. The summed E-state index contributed by atoms with van der Waals surface area (Å²) in [5.41, 5.74) is 2.23. The van der Waals surface area contributed by atoms with Gasteiger partial charge in [0.05, 0.1) is 27.8 Å². The minimum atomic E-state index is -0.655. The molecule has 0 aromatic heterocycles. The normalized spacial score (nSPS) is 10.4. The highest BCUT2D eigenvalue weighted by Gasteiger charge is 2.16. The van der Waals surface area contributed by atoms with E-state index in [1.807, 2.05) is 18.2 Å². The van der Waals surface area contributed by atoms with E-state index in [0.717, 1.165) is 12.8 Å². The van der Waals surface area contributed by atoms with Crippen molar-refractivity contribution >= 4 is 23.5 Å². The molecule has 0 aliphatic rings. The zero-order valence-corrected chi connectivity index (χ0v) is 19.8. The fourth-order valence-corrected chi connectivity index (χ4v) is 3.64. The Balaban J connectivity index is 1.56. The molecule has 34 heavy (non-hydrogen) atoms. The second-order valence-corrected chi connectivity index (χ2v) is 8.33. The molecule has 0 saturated heterocycles. The van der Waals surface area contributed by atoms with Gasteiger partial charge in [-0.15, -0.1) is 0 Å². The van der Waals surface area contributed by atoms with E-state index in [9.17, 15) is 9.59 Å². The van der Waals surface area contributed by atoms with E-state index < -0.39 is 11.9 Å². The van der Waals surface area contributed by atoms with Crippen LogP contribution in [0.15, 0.2) is 66.7 Å². The van der Waals surface area contributed by atoms with Gasteiger partial charge in [-0.05, 0) is 66.9 Å². The first-order valence-corrected chi connectivity index (χ1v) is 11.7. The third-order valence-corrected chi connectivity index (χ3v) is 5.64. The van der Waals surface area contributed by atoms with Gasteiger partial charge in [-0.2, -0.15) is 5.26 Å². The van der Waals surface area contributed by atoms with Crippen molar-refractivity contribution in [3.05, 3.63) is 94.0 Å². The molecule has 174 valence electrons. The molecule has 0 aliphatic heterocycles. The van der Waals surface area contributed by atoms with Gasteiger partial charge in [-0.1, -0.05) is 56.3 Å². The van der Waals surface area contributed by atoms with Gasteiger partial charge in [0.15, 0.2) is 0 Å². The number of halogens is 1. The lowest BCUT2D eigenvalue weighted by Crippen LogP contribution is -2.11. The van der Waals surface area contributed by atoms with Crippen LogP contribution in [0.5, 0.6) is 11.5 Å². The second kappa shape index (κ2) is 12.6. The highest BCUT2D eigenvalue weighted by atomic mass is 35.5. The molecule has 0 radical (unpaired) electrons. The lowest BCUT2D eigenvalue weighted by molar-refractivity contribution is 0.0730. The fraction of sp³-hybridized carbons (Fsp3) is 0.250. The van der Waals surface area contributed by atoms with Crippen LogP contribution in [0.2, 0.25) is 5.02 Å². The summed E-state index contributed by atoms with van der Waals surface area (Å²) in [4.78, 5) is 24.9. The molecule has 3 aromatic carbocycles. The van der Waals surface area contributed by atoms with Crippen LogP contribution >= 0.6 is 11.6 Å². The van der Waals surface area contributed by atoms with Crippen molar-refractivity contribution in [3.8, 4) is 17.6 Å². The van der Waals surface area contributed by atoms with Crippen molar-refractivity contribution in [1.29, 1.82) is 5.26 Å². The Morgan fingerprint density at radius 3 is 2.12 bits per heavy atom. The van der Waals surface area contributed by atoms with E-state index in [2.05, 4.69) is 6.92 Å². The lowest BCUT2D eigenvalue weighted by atomic mass is 10.0. The number of carbonyl (C=O) groups excluding carboxylic acids is 2. The molecule has 0 spiro atoms. The number of unbranched alkanes of at least 4 members (excludes halogenated alkanes) is 4. The molecule has 0 fully saturated rings. The van der Waals surface area contributed by atoms with Crippen molar-refractivity contribution < 1.29 is 19.1 Å². The molecular weight excluding hydrogens is 450 g/mol. The van der Waals surface area contributed by atoms with Gasteiger partial charge in [-0.25, -0.2) is 9.59 Å². The summed E-state index contributed by atoms with van der Waals surface area (Å²) in [5.74, 6) is -0.638. The molecule has 5 nitrogen and oxygen atoms in total. The van der Waals surface area contributed by atoms with Gasteiger partial charge >= 0.3 is 11.9 Å². The van der Waals surface area contributed by atoms with Crippen molar-refractivity contribution in [2.45, 2.75) is 45.4 Å². The highest BCUT2D eigenvalue weighted by Crippen LogP contribution is 2.25. The van der Waals surface area contributed by atoms with Gasteiger partial charge in [-0.3, -0.25) is 0 Å². The van der Waals surface area contributed by atoms with E-state index in [-0.39, 0.29) is 16.3 Å². The SMILES string of the molecule is CCCCCCCc1ccc(C(=O)Oc2ccc(C(=O)Oc3ccc(C#N)cc3)c(Cl)c2)cc1. The molecule has 0 aliphatic carbocycles. The molecule has 0 saturated carbocycles. The maximum atomic E-state index is 12.5. The fourth-order valence-electron chi connectivity index (χ4n) is 3.39. The molecule has 3 aromatic rings. The Kier molecular flexibility index (Phi) is 9.25. The van der Waals surface area contributed by atoms with Gasteiger partial charge in [0.2, 0.25) is 0 Å². The van der Waals surface area contributed by atoms with Crippen LogP contribution in [-0.2, 0) is 6.42 Å². The number of hydrogen-bond donors (Lipinski definition) is 0. The number of aryl methyl sites for hydroxylation is 1. The largest absolute Gasteiger partial charge is 0.423 e. The number of rotatable bonds is 10. The lowest BCUT2D eigenvalue weighted by Gasteiger charge is -2.09. The Hall–Kier alpha value is -3.62. The van der Waals surface area contributed by atoms with Crippen LogP contribution in [0.1, 0.15) is 70.9 Å². The Morgan fingerprint density at radius 1 is 0.824 bits per heavy atom. The van der Waals surface area contributed by atoms with Gasteiger partial charge in [0.25, 0.3) is 0 Å². The zero-order valence-electron chi connectivity index (χ0n) is 19.1. The summed E-state index contributed by atoms with van der Waals surface area (Å²) in [6.07, 6.45) is 7.11. The monoisotopic (exact) mass is 475 g/mol. The molecule has 0 amide bonds. The first-order valence-electron chi connectivity index (χ1n) is 11.3. The average molecular weight is 476 g/mol. The summed E-state index contributed by atoms with van der Waals surface area (Å²) < 4.78 is 10.7. The van der Waals surface area contributed by atoms with Crippen LogP contribution in [-0.4, -0.2) is 11.9 Å². The maximum Gasteiger partial charge on any atom is 0.345 e. The molecule has 3 rings (SSSR count). The van der Waals surface area contributed by atoms with Crippen molar-refractivity contribution in [2.75, 3.05) is 0 Å². The minimum Gasteiger partial charge on any atom is -0.423 e. The quantitative estimate of drug-likeness (QED) is 0.176. The highest BCUT2D eigenvalue weighted by molar-refractivity contribution is 6.33. The average Bonchev–Trinajstić information content (AvgIpc) is 2.84. The molecule has 0 N–H and O–H groups in total. The smallest absolute Gasteiger partial charge is 0.345 e. The molecule has 0 atom stereocenters. The van der Waals surface area contributed by atoms with E-state index in [1.54, 1.807) is 24.3 Å². The first kappa shape index (κ1) is 25.0. The predicted molar refractivity (Wildman–Crippen MR) is 131 cm³/mol. The summed E-state index contributed by atoms with van der Waals surface area (Å²) in [6, 6.07) is 19.9. The van der Waals surface area contributed by atoms with E-state index >= 15 is 0 Å². The summed E-state index contributed by atoms with van der Waals surface area (Å²) in [7, 11) is 0. The summed E-state index contributed by atoms with van der Waals surface area (Å²) in [5, 5.41) is 8.94. The van der Waals surface area contributed by atoms with Crippen LogP contribution in [0.25, 0.3) is 0 Å². The Morgan fingerprint density at radius 2 is 1.47 bits per heavy atom. The topological polar surface area (TPSA) is 76.4 Å². The standard InChI is InChI=1S/C28H26ClNO4/c1-2-3-4-5-6-7-20-8-12-22(13-9-20)27(31)34-24-16-17-25(26(29)18-24)28(32)33-23-14-10-21(19-30)11-15-23/h8-18H,2-7H2,1H3. The van der Waals surface area contributed by atoms with Crippen LogP contribution in [0, 0.1) is 11.3 Å². The van der Waals surface area contributed by atoms with Crippen molar-refractivity contribution in [1.82, 2.24) is 0 Å². The summed E-state index contributed by atoms with van der Waals surface area (Å²) >= 11 is 6.23. The van der Waals surface area contributed by atoms with Crippen molar-refractivity contribution in [2.24, 2.45) is 0 Å². The molecule has 0 heterocycles. The number of nitriles is 1. The number of carbonyl (C=O) groups is 2. The third-order valence-electron chi connectivity index (χ3n) is 5.32. The van der Waals surface area contributed by atoms with Crippen LogP contribution in [0.3, 0.4) is 0 Å². The number of ether oxygens (including phenoxy) is 2. The zero-order chi connectivity index (χ0) is 24.3. The van der Waals surface area contributed by atoms with Crippen LogP contribution < -0.4 is 9.47 Å². The van der Waals surface area contributed by atoms with Crippen LogP contribution in [0.4, 0.5) is 0 Å². The van der Waals surface area contributed by atoms with E-state index in [1.165, 1.54) is 61.6 Å². The van der Waals surface area contributed by atoms with Crippen molar-refractivity contribution in [3.63, 3.8) is 0 Å². The van der Waals surface area contributed by atoms with Gasteiger partial charge < -0.3 is 9.47 Å². The maximum absolute atomic E-state index is 12.5. The summed E-state index contributed by atoms with van der Waals surface area (Å²) in [6.45, 7) is 2.20. The van der Waals surface area contributed by atoms with E-state index in [4.69, 9.17) is 26.3 Å².